The Kier molecular flexibility index (Phi) is 2.78. The number of phenolic OH excluding ortho intramolecular Hbond substituents is 1. The van der Waals surface area contributed by atoms with Crippen molar-refractivity contribution in [2.24, 2.45) is 0 Å². The molecule has 1 heterocycles. The van der Waals surface area contributed by atoms with E-state index < -0.39 is 0 Å². The highest BCUT2D eigenvalue weighted by atomic mass is 32.1. The van der Waals surface area contributed by atoms with Crippen LogP contribution in [0.2, 0.25) is 0 Å². The molecule has 0 unspecified atom stereocenters. The molecule has 0 saturated carbocycles. The molecule has 2 aromatic rings. The summed E-state index contributed by atoms with van der Waals surface area (Å²) < 4.78 is 0. The van der Waals surface area contributed by atoms with Gasteiger partial charge in [0.05, 0.1) is 0 Å². The van der Waals surface area contributed by atoms with Gasteiger partial charge in [0.1, 0.15) is 5.75 Å². The summed E-state index contributed by atoms with van der Waals surface area (Å²) in [5.74, 6) is 0.903. The minimum absolute atomic E-state index is 0.319. The fourth-order valence-electron chi connectivity index (χ4n) is 1.44. The largest absolute Gasteiger partial charge is 0.508 e. The number of hydrogen-bond acceptors (Lipinski definition) is 2. The summed E-state index contributed by atoms with van der Waals surface area (Å²) in [6, 6.07) is 11.7. The highest BCUT2D eigenvalue weighted by Gasteiger charge is 2.05. The monoisotopic (exact) mass is 218 g/mol. The third kappa shape index (κ3) is 2.21. The van der Waals surface area contributed by atoms with Crippen LogP contribution in [-0.4, -0.2) is 5.11 Å². The van der Waals surface area contributed by atoms with Crippen LogP contribution in [0.5, 0.6) is 5.75 Å². The molecule has 1 aromatic carbocycles. The molecule has 1 N–H and O–H groups in total. The van der Waals surface area contributed by atoms with Gasteiger partial charge in [-0.15, -0.1) is 11.3 Å². The lowest BCUT2D eigenvalue weighted by molar-refractivity contribution is 0.475. The Bertz CT molecular complexity index is 440. The van der Waals surface area contributed by atoms with E-state index in [2.05, 4.69) is 26.0 Å². The van der Waals surface area contributed by atoms with Crippen LogP contribution in [0.15, 0.2) is 36.4 Å². The third-order valence-corrected chi connectivity index (χ3v) is 3.78. The smallest absolute Gasteiger partial charge is 0.115 e. The molecular formula is C13H14OS. The van der Waals surface area contributed by atoms with Gasteiger partial charge in [-0.1, -0.05) is 13.8 Å². The summed E-state index contributed by atoms with van der Waals surface area (Å²) in [7, 11) is 0. The molecule has 0 spiro atoms. The Morgan fingerprint density at radius 1 is 1.00 bits per heavy atom. The van der Waals surface area contributed by atoms with Crippen LogP contribution in [0.25, 0.3) is 10.4 Å². The van der Waals surface area contributed by atoms with Gasteiger partial charge in [-0.05, 0) is 47.9 Å². The Labute approximate surface area is 94.0 Å². The number of thiophene rings is 1. The summed E-state index contributed by atoms with van der Waals surface area (Å²) in [5, 5.41) is 9.20. The van der Waals surface area contributed by atoms with Gasteiger partial charge in [0.2, 0.25) is 0 Å². The second kappa shape index (κ2) is 4.07. The van der Waals surface area contributed by atoms with Crippen molar-refractivity contribution in [2.45, 2.75) is 19.8 Å². The topological polar surface area (TPSA) is 20.2 Å². The average Bonchev–Trinajstić information content (AvgIpc) is 2.68. The molecule has 0 bridgehead atoms. The predicted molar refractivity (Wildman–Crippen MR) is 65.5 cm³/mol. The first-order valence-electron chi connectivity index (χ1n) is 5.06. The van der Waals surface area contributed by atoms with E-state index >= 15 is 0 Å². The molecule has 78 valence electrons. The normalized spacial score (nSPS) is 10.9. The first-order valence-corrected chi connectivity index (χ1v) is 5.87. The zero-order chi connectivity index (χ0) is 10.8. The highest BCUT2D eigenvalue weighted by molar-refractivity contribution is 7.15. The minimum Gasteiger partial charge on any atom is -0.508 e. The van der Waals surface area contributed by atoms with Crippen LogP contribution in [0, 0.1) is 0 Å². The number of phenols is 1. The number of rotatable bonds is 2. The van der Waals surface area contributed by atoms with Crippen molar-refractivity contribution in [3.05, 3.63) is 41.3 Å². The van der Waals surface area contributed by atoms with E-state index in [1.807, 2.05) is 23.5 Å². The number of hydrogen-bond donors (Lipinski definition) is 1. The van der Waals surface area contributed by atoms with E-state index in [4.69, 9.17) is 0 Å². The Hall–Kier alpha value is -1.28. The first-order chi connectivity index (χ1) is 7.16. The Morgan fingerprint density at radius 2 is 1.67 bits per heavy atom. The first kappa shape index (κ1) is 10.2. The third-order valence-electron chi connectivity index (χ3n) is 2.35. The fourth-order valence-corrected chi connectivity index (χ4v) is 2.46. The Morgan fingerprint density at radius 3 is 2.20 bits per heavy atom. The molecule has 0 radical (unpaired) electrons. The maximum absolute atomic E-state index is 9.20. The summed E-state index contributed by atoms with van der Waals surface area (Å²) in [6.07, 6.45) is 0. The van der Waals surface area contributed by atoms with Gasteiger partial charge in [0.15, 0.2) is 0 Å². The molecule has 0 aliphatic heterocycles. The second-order valence-electron chi connectivity index (χ2n) is 3.90. The van der Waals surface area contributed by atoms with Crippen molar-refractivity contribution in [3.8, 4) is 16.2 Å². The number of aromatic hydroxyl groups is 1. The van der Waals surface area contributed by atoms with E-state index in [1.165, 1.54) is 15.3 Å². The highest BCUT2D eigenvalue weighted by Crippen LogP contribution is 2.32. The van der Waals surface area contributed by atoms with E-state index in [0.717, 1.165) is 0 Å². The van der Waals surface area contributed by atoms with Crippen LogP contribution in [0.1, 0.15) is 24.6 Å². The maximum atomic E-state index is 9.20. The molecule has 1 aromatic heterocycles. The van der Waals surface area contributed by atoms with E-state index in [9.17, 15) is 5.11 Å². The molecule has 0 fully saturated rings. The lowest BCUT2D eigenvalue weighted by atomic mass is 10.1. The van der Waals surface area contributed by atoms with Crippen LogP contribution in [0.3, 0.4) is 0 Å². The molecule has 0 saturated heterocycles. The van der Waals surface area contributed by atoms with Crippen LogP contribution in [-0.2, 0) is 0 Å². The SMILES string of the molecule is CC(C)c1ccc(-c2ccc(O)cc2)s1. The number of benzene rings is 1. The van der Waals surface area contributed by atoms with Gasteiger partial charge in [0, 0.05) is 9.75 Å². The zero-order valence-corrected chi connectivity index (χ0v) is 9.71. The second-order valence-corrected chi connectivity index (χ2v) is 5.02. The molecule has 0 amide bonds. The van der Waals surface area contributed by atoms with Crippen LogP contribution < -0.4 is 0 Å². The summed E-state index contributed by atoms with van der Waals surface area (Å²) in [4.78, 5) is 2.66. The van der Waals surface area contributed by atoms with Gasteiger partial charge < -0.3 is 5.11 Å². The molecule has 15 heavy (non-hydrogen) atoms. The van der Waals surface area contributed by atoms with Gasteiger partial charge >= 0.3 is 0 Å². The van der Waals surface area contributed by atoms with Crippen molar-refractivity contribution < 1.29 is 5.11 Å². The lowest BCUT2D eigenvalue weighted by Crippen LogP contribution is -1.77. The van der Waals surface area contributed by atoms with Crippen LogP contribution in [0.4, 0.5) is 0 Å². The van der Waals surface area contributed by atoms with Crippen molar-refractivity contribution in [3.63, 3.8) is 0 Å². The molecule has 0 aliphatic carbocycles. The van der Waals surface area contributed by atoms with E-state index in [0.29, 0.717) is 11.7 Å². The van der Waals surface area contributed by atoms with Crippen molar-refractivity contribution in [2.75, 3.05) is 0 Å². The molecule has 2 heteroatoms. The molecule has 2 rings (SSSR count). The summed E-state index contributed by atoms with van der Waals surface area (Å²) in [5.41, 5.74) is 1.17. The maximum Gasteiger partial charge on any atom is 0.115 e. The molecule has 0 aliphatic rings. The van der Waals surface area contributed by atoms with Gasteiger partial charge in [-0.2, -0.15) is 0 Å². The molecule has 1 nitrogen and oxygen atoms in total. The predicted octanol–water partition coefficient (Wildman–Crippen LogP) is 4.24. The van der Waals surface area contributed by atoms with Crippen molar-refractivity contribution >= 4 is 11.3 Å². The van der Waals surface area contributed by atoms with E-state index in [-0.39, 0.29) is 0 Å². The lowest BCUT2D eigenvalue weighted by Gasteiger charge is -1.99. The summed E-state index contributed by atoms with van der Waals surface area (Å²) in [6.45, 7) is 4.40. The van der Waals surface area contributed by atoms with Gasteiger partial charge in [0.25, 0.3) is 0 Å². The van der Waals surface area contributed by atoms with Crippen molar-refractivity contribution in [1.82, 2.24) is 0 Å². The molecule has 0 atom stereocenters. The van der Waals surface area contributed by atoms with Gasteiger partial charge in [-0.25, -0.2) is 0 Å². The van der Waals surface area contributed by atoms with E-state index in [1.54, 1.807) is 12.1 Å². The zero-order valence-electron chi connectivity index (χ0n) is 8.90. The van der Waals surface area contributed by atoms with Crippen LogP contribution >= 0.6 is 11.3 Å². The summed E-state index contributed by atoms with van der Waals surface area (Å²) >= 11 is 1.82. The minimum atomic E-state index is 0.319. The molecular weight excluding hydrogens is 204 g/mol. The van der Waals surface area contributed by atoms with Crippen molar-refractivity contribution in [1.29, 1.82) is 0 Å². The standard InChI is InChI=1S/C13H14OS/c1-9(2)12-7-8-13(15-12)10-3-5-11(14)6-4-10/h3-9,14H,1-2H3. The fraction of sp³-hybridized carbons (Fsp3) is 0.231. The Balaban J connectivity index is 2.33. The average molecular weight is 218 g/mol. The van der Waals surface area contributed by atoms with Gasteiger partial charge in [-0.3, -0.25) is 0 Å². The quantitative estimate of drug-likeness (QED) is 0.799.